The lowest BCUT2D eigenvalue weighted by molar-refractivity contribution is -0.139. The smallest absolute Gasteiger partial charge is 0.343 e. The molecule has 37 heavy (non-hydrogen) atoms. The Morgan fingerprint density at radius 2 is 1.35 bits per heavy atom. The molecule has 0 saturated carbocycles. The van der Waals surface area contributed by atoms with Crippen molar-refractivity contribution in [3.8, 4) is 17.2 Å². The number of aryl methyl sites for hydroxylation is 2. The molecule has 192 valence electrons. The third-order valence-electron chi connectivity index (χ3n) is 5.38. The Hall–Kier alpha value is -4.39. The molecule has 0 N–H and O–H groups in total. The van der Waals surface area contributed by atoms with Crippen molar-refractivity contribution in [3.63, 3.8) is 0 Å². The Kier molecular flexibility index (Phi) is 9.61. The van der Waals surface area contributed by atoms with Crippen LogP contribution >= 0.6 is 0 Å². The Labute approximate surface area is 216 Å². The first-order valence-corrected chi connectivity index (χ1v) is 12.0. The molecule has 0 atom stereocenters. The van der Waals surface area contributed by atoms with Gasteiger partial charge in [0.05, 0.1) is 24.3 Å². The van der Waals surface area contributed by atoms with Crippen LogP contribution in [0.15, 0.2) is 78.9 Å². The van der Waals surface area contributed by atoms with Gasteiger partial charge in [-0.05, 0) is 86.0 Å². The van der Waals surface area contributed by atoms with E-state index < -0.39 is 17.9 Å². The van der Waals surface area contributed by atoms with Gasteiger partial charge in [0.25, 0.3) is 0 Å². The summed E-state index contributed by atoms with van der Waals surface area (Å²) in [6.07, 6.45) is 1.43. The molecule has 7 nitrogen and oxygen atoms in total. The van der Waals surface area contributed by atoms with Gasteiger partial charge in [-0.3, -0.25) is 0 Å². The van der Waals surface area contributed by atoms with E-state index in [4.69, 9.17) is 18.9 Å². The van der Waals surface area contributed by atoms with E-state index in [0.29, 0.717) is 47.0 Å². The average Bonchev–Trinajstić information content (AvgIpc) is 2.89. The molecule has 0 amide bonds. The SMILES string of the molecule is C=C(C)C(=O)OCCCOc1ccc(C(=O)Oc2ccc(C(=O)Oc3ccc(CC)cc3)cc2)cc1C. The minimum Gasteiger partial charge on any atom is -0.493 e. The van der Waals surface area contributed by atoms with Gasteiger partial charge in [-0.25, -0.2) is 14.4 Å². The van der Waals surface area contributed by atoms with Gasteiger partial charge in [-0.15, -0.1) is 0 Å². The van der Waals surface area contributed by atoms with Gasteiger partial charge < -0.3 is 18.9 Å². The fraction of sp³-hybridized carbons (Fsp3) is 0.233. The first-order valence-electron chi connectivity index (χ1n) is 12.0. The van der Waals surface area contributed by atoms with Crippen LogP contribution < -0.4 is 14.2 Å². The van der Waals surface area contributed by atoms with Crippen LogP contribution in [0, 0.1) is 6.92 Å². The molecule has 3 rings (SSSR count). The summed E-state index contributed by atoms with van der Waals surface area (Å²) in [6.45, 7) is 9.58. The molecule has 3 aromatic carbocycles. The number of ether oxygens (including phenoxy) is 4. The third-order valence-corrected chi connectivity index (χ3v) is 5.38. The number of hydrogen-bond acceptors (Lipinski definition) is 7. The second-order valence-corrected chi connectivity index (χ2v) is 8.40. The van der Waals surface area contributed by atoms with Crippen LogP contribution in [0.5, 0.6) is 17.2 Å². The molecule has 0 saturated heterocycles. The first-order chi connectivity index (χ1) is 17.8. The summed E-state index contributed by atoms with van der Waals surface area (Å²) in [7, 11) is 0. The molecule has 0 fully saturated rings. The Morgan fingerprint density at radius 3 is 1.92 bits per heavy atom. The van der Waals surface area contributed by atoms with E-state index in [9.17, 15) is 14.4 Å². The highest BCUT2D eigenvalue weighted by Crippen LogP contribution is 2.22. The molecule has 0 heterocycles. The summed E-state index contributed by atoms with van der Waals surface area (Å²) in [4.78, 5) is 36.4. The molecule has 3 aromatic rings. The molecule has 0 aromatic heterocycles. The van der Waals surface area contributed by atoms with Gasteiger partial charge in [0, 0.05) is 12.0 Å². The quantitative estimate of drug-likeness (QED) is 0.140. The van der Waals surface area contributed by atoms with E-state index in [1.807, 2.05) is 19.1 Å². The van der Waals surface area contributed by atoms with Crippen molar-refractivity contribution in [2.24, 2.45) is 0 Å². The Bertz CT molecular complexity index is 1260. The van der Waals surface area contributed by atoms with Crippen LogP contribution in [-0.4, -0.2) is 31.1 Å². The highest BCUT2D eigenvalue weighted by Gasteiger charge is 2.13. The average molecular weight is 503 g/mol. The summed E-state index contributed by atoms with van der Waals surface area (Å²) in [5.41, 5.74) is 2.97. The van der Waals surface area contributed by atoms with E-state index in [1.165, 1.54) is 0 Å². The third kappa shape index (κ3) is 8.07. The van der Waals surface area contributed by atoms with Crippen LogP contribution in [0.4, 0.5) is 0 Å². The molecule has 0 aliphatic heterocycles. The lowest BCUT2D eigenvalue weighted by Crippen LogP contribution is -2.11. The van der Waals surface area contributed by atoms with E-state index >= 15 is 0 Å². The molecule has 0 aliphatic rings. The van der Waals surface area contributed by atoms with Crippen LogP contribution in [-0.2, 0) is 16.0 Å². The minimum absolute atomic E-state index is 0.234. The van der Waals surface area contributed by atoms with E-state index in [-0.39, 0.29) is 6.61 Å². The maximum absolute atomic E-state index is 12.6. The zero-order valence-electron chi connectivity index (χ0n) is 21.2. The number of hydrogen-bond donors (Lipinski definition) is 0. The molecular formula is C30H30O7. The lowest BCUT2D eigenvalue weighted by atomic mass is 10.1. The maximum Gasteiger partial charge on any atom is 0.343 e. The fourth-order valence-electron chi connectivity index (χ4n) is 3.25. The Morgan fingerprint density at radius 1 is 0.784 bits per heavy atom. The zero-order chi connectivity index (χ0) is 26.8. The van der Waals surface area contributed by atoms with Crippen LogP contribution in [0.2, 0.25) is 0 Å². The van der Waals surface area contributed by atoms with Crippen molar-refractivity contribution < 1.29 is 33.3 Å². The van der Waals surface area contributed by atoms with Crippen LogP contribution in [0.3, 0.4) is 0 Å². The monoisotopic (exact) mass is 502 g/mol. The van der Waals surface area contributed by atoms with Crippen molar-refractivity contribution in [1.29, 1.82) is 0 Å². The topological polar surface area (TPSA) is 88.1 Å². The second kappa shape index (κ2) is 13.1. The number of benzene rings is 3. The van der Waals surface area contributed by atoms with E-state index in [0.717, 1.165) is 17.5 Å². The first kappa shape index (κ1) is 27.2. The zero-order valence-corrected chi connectivity index (χ0v) is 21.2. The number of rotatable bonds is 11. The summed E-state index contributed by atoms with van der Waals surface area (Å²) >= 11 is 0. The standard InChI is InChI=1S/C30H30O7/c1-5-22-7-12-25(13-8-22)36-29(32)23-9-14-26(15-10-23)37-30(33)24-11-16-27(21(4)19-24)34-17-6-18-35-28(31)20(2)3/h7-16,19H,2,5-6,17-18H2,1,3-4H3. The van der Waals surface area contributed by atoms with Gasteiger partial charge in [0.2, 0.25) is 0 Å². The summed E-state index contributed by atoms with van der Waals surface area (Å²) in [5.74, 6) is -0.0703. The van der Waals surface area contributed by atoms with E-state index in [2.05, 4.69) is 13.5 Å². The highest BCUT2D eigenvalue weighted by molar-refractivity contribution is 5.93. The molecular weight excluding hydrogens is 472 g/mol. The number of carbonyl (C=O) groups excluding carboxylic acids is 3. The van der Waals surface area contributed by atoms with Crippen molar-refractivity contribution >= 4 is 17.9 Å². The van der Waals surface area contributed by atoms with Gasteiger partial charge in [0.1, 0.15) is 17.2 Å². The molecule has 0 radical (unpaired) electrons. The van der Waals surface area contributed by atoms with Gasteiger partial charge in [-0.2, -0.15) is 0 Å². The predicted molar refractivity (Wildman–Crippen MR) is 139 cm³/mol. The summed E-state index contributed by atoms with van der Waals surface area (Å²) in [5, 5.41) is 0. The second-order valence-electron chi connectivity index (χ2n) is 8.40. The van der Waals surface area contributed by atoms with Crippen molar-refractivity contribution in [2.75, 3.05) is 13.2 Å². The molecule has 0 unspecified atom stereocenters. The summed E-state index contributed by atoms with van der Waals surface area (Å²) < 4.78 is 21.6. The summed E-state index contributed by atoms with van der Waals surface area (Å²) in [6, 6.07) is 18.5. The van der Waals surface area contributed by atoms with Gasteiger partial charge >= 0.3 is 17.9 Å². The normalized spacial score (nSPS) is 10.4. The molecule has 0 bridgehead atoms. The molecule has 7 heteroatoms. The lowest BCUT2D eigenvalue weighted by Gasteiger charge is -2.11. The largest absolute Gasteiger partial charge is 0.493 e. The molecule has 0 aliphatic carbocycles. The predicted octanol–water partition coefficient (Wildman–Crippen LogP) is 5.88. The number of carbonyl (C=O) groups is 3. The minimum atomic E-state index is -0.535. The van der Waals surface area contributed by atoms with Crippen LogP contribution in [0.1, 0.15) is 52.1 Å². The maximum atomic E-state index is 12.6. The van der Waals surface area contributed by atoms with Crippen molar-refractivity contribution in [1.82, 2.24) is 0 Å². The molecule has 0 spiro atoms. The van der Waals surface area contributed by atoms with Crippen molar-refractivity contribution in [3.05, 3.63) is 101 Å². The van der Waals surface area contributed by atoms with Gasteiger partial charge in [0.15, 0.2) is 0 Å². The highest BCUT2D eigenvalue weighted by atomic mass is 16.5. The number of esters is 3. The van der Waals surface area contributed by atoms with Crippen LogP contribution in [0.25, 0.3) is 0 Å². The van der Waals surface area contributed by atoms with E-state index in [1.54, 1.807) is 61.5 Å². The Balaban J connectivity index is 1.50. The van der Waals surface area contributed by atoms with Gasteiger partial charge in [-0.1, -0.05) is 25.6 Å². The van der Waals surface area contributed by atoms with Crippen molar-refractivity contribution in [2.45, 2.75) is 33.6 Å². The fourth-order valence-corrected chi connectivity index (χ4v) is 3.25.